The van der Waals surface area contributed by atoms with E-state index in [9.17, 15) is 14.9 Å². The summed E-state index contributed by atoms with van der Waals surface area (Å²) in [6.45, 7) is 7.31. The third-order valence-electron chi connectivity index (χ3n) is 6.88. The van der Waals surface area contributed by atoms with Crippen LogP contribution in [0.2, 0.25) is 0 Å². The summed E-state index contributed by atoms with van der Waals surface area (Å²) >= 11 is 0. The Balaban J connectivity index is 1.65. The molecule has 4 aliphatic rings. The lowest BCUT2D eigenvalue weighted by Crippen LogP contribution is -2.60. The number of carbonyl (C=O) groups excluding carboxylic acids is 1. The molecule has 5 nitrogen and oxygen atoms in total. The number of nitro groups is 1. The second kappa shape index (κ2) is 4.56. The van der Waals surface area contributed by atoms with Gasteiger partial charge in [0.05, 0.1) is 22.6 Å². The van der Waals surface area contributed by atoms with E-state index >= 15 is 0 Å². The number of carbonyl (C=O) groups is 1. The second-order valence-corrected chi connectivity index (χ2v) is 8.02. The lowest BCUT2D eigenvalue weighted by molar-refractivity contribution is -0.385. The minimum absolute atomic E-state index is 0.0281. The van der Waals surface area contributed by atoms with Crippen molar-refractivity contribution in [2.24, 2.45) is 23.2 Å². The number of hydrogen-bond acceptors (Lipinski definition) is 3. The minimum atomic E-state index is -0.375. The molecule has 1 aromatic carbocycles. The Bertz CT molecular complexity index is 712. The Hall–Kier alpha value is -1.91. The molecule has 0 saturated heterocycles. The van der Waals surface area contributed by atoms with Crippen LogP contribution in [0.1, 0.15) is 49.5 Å². The summed E-state index contributed by atoms with van der Waals surface area (Å²) < 4.78 is 0. The topological polar surface area (TPSA) is 63.4 Å². The zero-order chi connectivity index (χ0) is 16.5. The molecule has 0 N–H and O–H groups in total. The summed E-state index contributed by atoms with van der Waals surface area (Å²) in [7, 11) is 0. The fourth-order valence-corrected chi connectivity index (χ4v) is 5.31. The highest BCUT2D eigenvalue weighted by molar-refractivity contribution is 5.99. The number of hydrogen-bond donors (Lipinski definition) is 0. The van der Waals surface area contributed by atoms with Crippen molar-refractivity contribution in [1.29, 1.82) is 0 Å². The van der Waals surface area contributed by atoms with Crippen LogP contribution in [-0.2, 0) is 6.54 Å². The highest BCUT2D eigenvalue weighted by Crippen LogP contribution is 2.62. The van der Waals surface area contributed by atoms with E-state index in [1.165, 1.54) is 12.5 Å². The lowest BCUT2D eigenvalue weighted by Gasteiger charge is -2.63. The van der Waals surface area contributed by atoms with E-state index in [4.69, 9.17) is 0 Å². The second-order valence-electron chi connectivity index (χ2n) is 8.02. The molecule has 1 heterocycles. The third-order valence-corrected chi connectivity index (χ3v) is 6.88. The van der Waals surface area contributed by atoms with E-state index in [1.54, 1.807) is 12.1 Å². The van der Waals surface area contributed by atoms with Gasteiger partial charge in [0.25, 0.3) is 11.6 Å². The molecule has 4 atom stereocenters. The SMILES string of the molecule is C[C@@H]1[C@@H](N2Cc3c(cccc3[N+](=O)[O-])C2=O)C[C@H]2C[C@@H]1C2(C)C. The van der Waals surface area contributed by atoms with Gasteiger partial charge in [0.1, 0.15) is 0 Å². The first-order chi connectivity index (χ1) is 10.8. The van der Waals surface area contributed by atoms with E-state index < -0.39 is 0 Å². The Kier molecular flexibility index (Phi) is 2.91. The maximum absolute atomic E-state index is 12.8. The number of amides is 1. The zero-order valence-electron chi connectivity index (χ0n) is 13.8. The van der Waals surface area contributed by atoms with Gasteiger partial charge >= 0.3 is 0 Å². The Morgan fingerprint density at radius 1 is 1.30 bits per heavy atom. The van der Waals surface area contributed by atoms with Crippen LogP contribution in [0.15, 0.2) is 18.2 Å². The fourth-order valence-electron chi connectivity index (χ4n) is 5.31. The summed E-state index contributed by atoms with van der Waals surface area (Å²) in [4.78, 5) is 25.6. The van der Waals surface area contributed by atoms with Gasteiger partial charge in [-0.15, -0.1) is 0 Å². The summed E-state index contributed by atoms with van der Waals surface area (Å²) in [5.74, 6) is 1.74. The molecule has 0 radical (unpaired) electrons. The molecule has 5 rings (SSSR count). The van der Waals surface area contributed by atoms with E-state index in [0.29, 0.717) is 40.8 Å². The predicted octanol–water partition coefficient (Wildman–Crippen LogP) is 3.62. The van der Waals surface area contributed by atoms with E-state index in [2.05, 4.69) is 20.8 Å². The van der Waals surface area contributed by atoms with Gasteiger partial charge in [0.15, 0.2) is 0 Å². The molecule has 1 aliphatic heterocycles. The van der Waals surface area contributed by atoms with Crippen LogP contribution in [-0.4, -0.2) is 21.8 Å². The van der Waals surface area contributed by atoms with E-state index in [-0.39, 0.29) is 22.6 Å². The van der Waals surface area contributed by atoms with Crippen molar-refractivity contribution in [3.8, 4) is 0 Å². The molecule has 2 bridgehead atoms. The lowest BCUT2D eigenvalue weighted by atomic mass is 9.44. The molecule has 0 unspecified atom stereocenters. The van der Waals surface area contributed by atoms with Gasteiger partial charge in [-0.2, -0.15) is 0 Å². The van der Waals surface area contributed by atoms with Crippen LogP contribution in [0.25, 0.3) is 0 Å². The van der Waals surface area contributed by atoms with Crippen molar-refractivity contribution in [3.63, 3.8) is 0 Å². The maximum Gasteiger partial charge on any atom is 0.275 e. The first-order valence-corrected chi connectivity index (χ1v) is 8.39. The van der Waals surface area contributed by atoms with E-state index in [1.807, 2.05) is 4.90 Å². The maximum atomic E-state index is 12.8. The average Bonchev–Trinajstić information content (AvgIpc) is 2.84. The molecular formula is C18H22N2O3. The summed E-state index contributed by atoms with van der Waals surface area (Å²) in [6.07, 6.45) is 2.29. The highest BCUT2D eigenvalue weighted by atomic mass is 16.6. The molecule has 23 heavy (non-hydrogen) atoms. The largest absolute Gasteiger partial charge is 0.331 e. The molecule has 3 saturated carbocycles. The van der Waals surface area contributed by atoms with Crippen molar-refractivity contribution in [2.75, 3.05) is 0 Å². The number of rotatable bonds is 2. The standard InChI is InChI=1S/C18H22N2O3/c1-10-14-7-11(18(14,2)3)8-16(10)19-9-13-12(17(19)21)5-4-6-15(13)20(22)23/h4-6,10-11,14,16H,7-9H2,1-3H3/t10-,11+,14-,16-/m0/s1. The minimum Gasteiger partial charge on any atom is -0.331 e. The molecule has 1 aromatic rings. The number of fused-ring (bicyclic) bond motifs is 3. The van der Waals surface area contributed by atoms with Crippen LogP contribution < -0.4 is 0 Å². The molecule has 5 heteroatoms. The summed E-state index contributed by atoms with van der Waals surface area (Å²) in [5, 5.41) is 11.2. The molecule has 0 aromatic heterocycles. The van der Waals surface area contributed by atoms with Crippen molar-refractivity contribution in [2.45, 2.75) is 46.2 Å². The first-order valence-electron chi connectivity index (χ1n) is 8.39. The molecule has 3 aliphatic carbocycles. The van der Waals surface area contributed by atoms with Crippen molar-refractivity contribution in [3.05, 3.63) is 39.4 Å². The third kappa shape index (κ3) is 1.82. The van der Waals surface area contributed by atoms with Crippen LogP contribution in [0.3, 0.4) is 0 Å². The quantitative estimate of drug-likeness (QED) is 0.618. The van der Waals surface area contributed by atoms with Crippen LogP contribution in [0.5, 0.6) is 0 Å². The van der Waals surface area contributed by atoms with Gasteiger partial charge in [-0.1, -0.05) is 26.8 Å². The molecular weight excluding hydrogens is 292 g/mol. The normalized spacial score (nSPS) is 34.0. The van der Waals surface area contributed by atoms with Crippen LogP contribution in [0.4, 0.5) is 5.69 Å². The fraction of sp³-hybridized carbons (Fsp3) is 0.611. The van der Waals surface area contributed by atoms with Gasteiger partial charge in [-0.05, 0) is 42.1 Å². The molecule has 0 spiro atoms. The van der Waals surface area contributed by atoms with Gasteiger partial charge < -0.3 is 4.90 Å². The van der Waals surface area contributed by atoms with Gasteiger partial charge in [0, 0.05) is 12.1 Å². The Morgan fingerprint density at radius 3 is 2.65 bits per heavy atom. The first kappa shape index (κ1) is 14.7. The smallest absolute Gasteiger partial charge is 0.275 e. The Labute approximate surface area is 135 Å². The van der Waals surface area contributed by atoms with Gasteiger partial charge in [-0.3, -0.25) is 14.9 Å². The van der Waals surface area contributed by atoms with Gasteiger partial charge in [-0.25, -0.2) is 0 Å². The van der Waals surface area contributed by atoms with Crippen molar-refractivity contribution < 1.29 is 9.72 Å². The van der Waals surface area contributed by atoms with Crippen LogP contribution >= 0.6 is 0 Å². The van der Waals surface area contributed by atoms with E-state index in [0.717, 1.165) is 6.42 Å². The summed E-state index contributed by atoms with van der Waals surface area (Å²) in [6, 6.07) is 5.05. The Morgan fingerprint density at radius 2 is 2.04 bits per heavy atom. The van der Waals surface area contributed by atoms with Crippen LogP contribution in [0, 0.1) is 33.3 Å². The molecule has 122 valence electrons. The summed E-state index contributed by atoms with van der Waals surface area (Å²) in [5.41, 5.74) is 1.56. The number of nitrogens with zero attached hydrogens (tertiary/aromatic N) is 2. The predicted molar refractivity (Wildman–Crippen MR) is 85.9 cm³/mol. The highest BCUT2D eigenvalue weighted by Gasteiger charge is 2.58. The van der Waals surface area contributed by atoms with Crippen molar-refractivity contribution in [1.82, 2.24) is 4.90 Å². The average molecular weight is 314 g/mol. The number of nitro benzene ring substituents is 1. The molecule has 1 amide bonds. The van der Waals surface area contributed by atoms with Crippen molar-refractivity contribution >= 4 is 11.6 Å². The molecule has 3 fully saturated rings. The van der Waals surface area contributed by atoms with Gasteiger partial charge in [0.2, 0.25) is 0 Å². The zero-order valence-corrected chi connectivity index (χ0v) is 13.8. The monoisotopic (exact) mass is 314 g/mol. The number of benzene rings is 1.